The predicted molar refractivity (Wildman–Crippen MR) is 86.8 cm³/mol. The number of anilines is 1. The number of hydrogen-bond donors (Lipinski definition) is 2. The van der Waals surface area contributed by atoms with Gasteiger partial charge in [-0.2, -0.15) is 0 Å². The van der Waals surface area contributed by atoms with E-state index in [0.717, 1.165) is 32.1 Å². The number of para-hydroxylation sites is 1. The number of benzene rings is 1. The van der Waals surface area contributed by atoms with Crippen molar-refractivity contribution >= 4 is 17.5 Å². The van der Waals surface area contributed by atoms with E-state index < -0.39 is 0 Å². The zero-order valence-electron chi connectivity index (χ0n) is 12.9. The van der Waals surface area contributed by atoms with Crippen molar-refractivity contribution in [3.05, 3.63) is 29.8 Å². The molecule has 2 N–H and O–H groups in total. The van der Waals surface area contributed by atoms with Crippen molar-refractivity contribution < 1.29 is 9.59 Å². The second kappa shape index (κ2) is 6.95. The van der Waals surface area contributed by atoms with Gasteiger partial charge < -0.3 is 10.6 Å². The molecule has 2 aliphatic rings. The molecule has 4 heteroatoms. The molecule has 2 saturated carbocycles. The van der Waals surface area contributed by atoms with Crippen molar-refractivity contribution in [3.63, 3.8) is 0 Å². The van der Waals surface area contributed by atoms with Crippen LogP contribution in [0.4, 0.5) is 5.69 Å². The van der Waals surface area contributed by atoms with Crippen LogP contribution < -0.4 is 10.6 Å². The van der Waals surface area contributed by atoms with Gasteiger partial charge in [-0.25, -0.2) is 0 Å². The first-order valence-electron chi connectivity index (χ1n) is 8.45. The zero-order chi connectivity index (χ0) is 15.4. The Kier molecular flexibility index (Phi) is 4.76. The molecule has 0 unspecified atom stereocenters. The lowest BCUT2D eigenvalue weighted by molar-refractivity contribution is -0.122. The molecular formula is C18H24N2O2. The van der Waals surface area contributed by atoms with Crippen molar-refractivity contribution in [2.45, 2.75) is 57.4 Å². The highest BCUT2D eigenvalue weighted by molar-refractivity contribution is 6.04. The van der Waals surface area contributed by atoms with Crippen molar-refractivity contribution in [2.75, 3.05) is 5.32 Å². The van der Waals surface area contributed by atoms with E-state index in [-0.39, 0.29) is 23.8 Å². The second-order valence-electron chi connectivity index (χ2n) is 6.47. The van der Waals surface area contributed by atoms with Gasteiger partial charge in [-0.1, -0.05) is 37.8 Å². The van der Waals surface area contributed by atoms with Crippen LogP contribution in [0.15, 0.2) is 24.3 Å². The summed E-state index contributed by atoms with van der Waals surface area (Å²) in [5.74, 6) is 0.0926. The molecule has 0 radical (unpaired) electrons. The smallest absolute Gasteiger partial charge is 0.253 e. The largest absolute Gasteiger partial charge is 0.349 e. The van der Waals surface area contributed by atoms with Gasteiger partial charge in [0.25, 0.3) is 5.91 Å². The lowest BCUT2D eigenvalue weighted by atomic mass is 9.85. The van der Waals surface area contributed by atoms with Crippen LogP contribution >= 0.6 is 0 Å². The van der Waals surface area contributed by atoms with E-state index in [4.69, 9.17) is 0 Å². The van der Waals surface area contributed by atoms with Crippen LogP contribution in [0, 0.1) is 5.92 Å². The topological polar surface area (TPSA) is 58.2 Å². The van der Waals surface area contributed by atoms with Gasteiger partial charge in [-0.3, -0.25) is 9.59 Å². The molecular weight excluding hydrogens is 276 g/mol. The highest BCUT2D eigenvalue weighted by Crippen LogP contribution is 2.28. The minimum atomic E-state index is -0.0728. The summed E-state index contributed by atoms with van der Waals surface area (Å²) in [7, 11) is 0. The van der Waals surface area contributed by atoms with Gasteiger partial charge >= 0.3 is 0 Å². The summed E-state index contributed by atoms with van der Waals surface area (Å²) in [4.78, 5) is 24.6. The van der Waals surface area contributed by atoms with Gasteiger partial charge in [0.05, 0.1) is 11.3 Å². The van der Waals surface area contributed by atoms with Crippen LogP contribution in [0.2, 0.25) is 0 Å². The fourth-order valence-corrected chi connectivity index (χ4v) is 3.21. The molecule has 2 aliphatic carbocycles. The van der Waals surface area contributed by atoms with Crippen molar-refractivity contribution in [3.8, 4) is 0 Å². The van der Waals surface area contributed by atoms with E-state index in [0.29, 0.717) is 11.3 Å². The summed E-state index contributed by atoms with van der Waals surface area (Å²) in [6, 6.07) is 7.57. The fraction of sp³-hybridized carbons (Fsp3) is 0.556. The van der Waals surface area contributed by atoms with Gasteiger partial charge in [-0.05, 0) is 37.8 Å². The van der Waals surface area contributed by atoms with Crippen LogP contribution in [-0.2, 0) is 4.79 Å². The third-order valence-electron chi connectivity index (χ3n) is 4.85. The molecule has 3 rings (SSSR count). The number of hydrogen-bond acceptors (Lipinski definition) is 2. The molecule has 118 valence electrons. The quantitative estimate of drug-likeness (QED) is 0.894. The number of carbonyl (C=O) groups is 2. The first kappa shape index (κ1) is 15.1. The lowest BCUT2D eigenvalue weighted by Crippen LogP contribution is -2.37. The van der Waals surface area contributed by atoms with E-state index in [9.17, 15) is 9.59 Å². The van der Waals surface area contributed by atoms with Gasteiger partial charge in [-0.15, -0.1) is 0 Å². The molecule has 4 nitrogen and oxygen atoms in total. The van der Waals surface area contributed by atoms with Crippen LogP contribution in [0.25, 0.3) is 0 Å². The molecule has 1 aromatic rings. The van der Waals surface area contributed by atoms with E-state index in [1.165, 1.54) is 19.3 Å². The summed E-state index contributed by atoms with van der Waals surface area (Å²) < 4.78 is 0. The predicted octanol–water partition coefficient (Wildman–Crippen LogP) is 3.49. The molecule has 0 spiro atoms. The van der Waals surface area contributed by atoms with Crippen LogP contribution in [0.5, 0.6) is 0 Å². The molecule has 0 bridgehead atoms. The maximum atomic E-state index is 12.5. The Morgan fingerprint density at radius 1 is 0.909 bits per heavy atom. The van der Waals surface area contributed by atoms with Crippen LogP contribution in [0.3, 0.4) is 0 Å². The second-order valence-corrected chi connectivity index (χ2v) is 6.47. The fourth-order valence-electron chi connectivity index (χ4n) is 3.21. The standard InChI is InChI=1S/C18H24N2O2/c21-17(13-7-6-8-13)20-16-12-5-4-11-15(16)18(22)19-14-9-2-1-3-10-14/h4-5,11-14H,1-3,6-10H2,(H,19,22)(H,20,21). The Bertz CT molecular complexity index is 546. The molecule has 0 atom stereocenters. The summed E-state index contributed by atoms with van der Waals surface area (Å²) >= 11 is 0. The van der Waals surface area contributed by atoms with Gasteiger partial charge in [0.1, 0.15) is 0 Å². The SMILES string of the molecule is O=C(NC1CCCCC1)c1ccccc1NC(=O)C1CCC1. The van der Waals surface area contributed by atoms with Crippen molar-refractivity contribution in [2.24, 2.45) is 5.92 Å². The van der Waals surface area contributed by atoms with Crippen molar-refractivity contribution in [1.82, 2.24) is 5.32 Å². The molecule has 1 aromatic carbocycles. The van der Waals surface area contributed by atoms with E-state index >= 15 is 0 Å². The molecule has 22 heavy (non-hydrogen) atoms. The Morgan fingerprint density at radius 2 is 1.64 bits per heavy atom. The molecule has 0 aromatic heterocycles. The third-order valence-corrected chi connectivity index (χ3v) is 4.85. The van der Waals surface area contributed by atoms with E-state index in [2.05, 4.69) is 10.6 Å². The molecule has 0 aliphatic heterocycles. The summed E-state index contributed by atoms with van der Waals surface area (Å²) in [5, 5.41) is 6.05. The third kappa shape index (κ3) is 3.49. The normalized spacial score (nSPS) is 19.3. The summed E-state index contributed by atoms with van der Waals surface area (Å²) in [6.45, 7) is 0. The minimum Gasteiger partial charge on any atom is -0.349 e. The molecule has 2 fully saturated rings. The van der Waals surface area contributed by atoms with Gasteiger partial charge in [0.2, 0.25) is 5.91 Å². The van der Waals surface area contributed by atoms with Crippen molar-refractivity contribution in [1.29, 1.82) is 0 Å². The van der Waals surface area contributed by atoms with Gasteiger partial charge in [0.15, 0.2) is 0 Å². The van der Waals surface area contributed by atoms with Crippen LogP contribution in [0.1, 0.15) is 61.7 Å². The van der Waals surface area contributed by atoms with E-state index in [1.54, 1.807) is 6.07 Å². The average molecular weight is 300 g/mol. The van der Waals surface area contributed by atoms with E-state index in [1.807, 2.05) is 18.2 Å². The molecule has 0 heterocycles. The summed E-state index contributed by atoms with van der Waals surface area (Å²) in [5.41, 5.74) is 1.20. The Balaban J connectivity index is 1.66. The number of carbonyl (C=O) groups excluding carboxylic acids is 2. The number of rotatable bonds is 4. The highest BCUT2D eigenvalue weighted by atomic mass is 16.2. The Morgan fingerprint density at radius 3 is 2.32 bits per heavy atom. The van der Waals surface area contributed by atoms with Gasteiger partial charge in [0, 0.05) is 12.0 Å². The Labute approximate surface area is 131 Å². The first-order valence-corrected chi connectivity index (χ1v) is 8.45. The average Bonchev–Trinajstić information content (AvgIpc) is 2.47. The monoisotopic (exact) mass is 300 g/mol. The maximum absolute atomic E-state index is 12.5. The summed E-state index contributed by atoms with van der Waals surface area (Å²) in [6.07, 6.45) is 8.80. The highest BCUT2D eigenvalue weighted by Gasteiger charge is 2.26. The molecule has 2 amide bonds. The molecule has 0 saturated heterocycles. The minimum absolute atomic E-state index is 0.0455. The zero-order valence-corrected chi connectivity index (χ0v) is 12.9. The van der Waals surface area contributed by atoms with Crippen LogP contribution in [-0.4, -0.2) is 17.9 Å². The number of amides is 2. The first-order chi connectivity index (χ1) is 10.7. The number of nitrogens with one attached hydrogen (secondary N) is 2. The Hall–Kier alpha value is -1.84. The maximum Gasteiger partial charge on any atom is 0.253 e. The lowest BCUT2D eigenvalue weighted by Gasteiger charge is -2.25.